The molecule has 5 heteroatoms. The van der Waals surface area contributed by atoms with Gasteiger partial charge < -0.3 is 16.0 Å². The summed E-state index contributed by atoms with van der Waals surface area (Å²) in [5, 5.41) is 3.31. The normalized spacial score (nSPS) is 22.3. The number of nitrogens with two attached hydrogens (primary N) is 1. The first-order valence-electron chi connectivity index (χ1n) is 7.83. The van der Waals surface area contributed by atoms with Crippen molar-refractivity contribution in [2.45, 2.75) is 38.1 Å². The molecule has 1 aliphatic carbocycles. The molecule has 1 aromatic heterocycles. The molecule has 0 aromatic carbocycles. The van der Waals surface area contributed by atoms with E-state index in [9.17, 15) is 0 Å². The van der Waals surface area contributed by atoms with E-state index in [2.05, 4.69) is 32.0 Å². The van der Waals surface area contributed by atoms with Crippen molar-refractivity contribution in [1.29, 1.82) is 0 Å². The van der Waals surface area contributed by atoms with Gasteiger partial charge in [0.1, 0.15) is 11.6 Å². The monoisotopic (exact) mass is 285 g/mol. The highest BCUT2D eigenvalue weighted by Gasteiger charge is 2.22. The van der Waals surface area contributed by atoms with Crippen molar-refractivity contribution in [3.63, 3.8) is 0 Å². The molecular weight excluding hydrogens is 262 g/mol. The lowest BCUT2D eigenvalue weighted by Crippen LogP contribution is -2.30. The Labute approximate surface area is 126 Å². The van der Waals surface area contributed by atoms with Crippen molar-refractivity contribution in [1.82, 2.24) is 15.3 Å². The molecule has 2 aliphatic rings. The van der Waals surface area contributed by atoms with Crippen molar-refractivity contribution in [2.75, 3.05) is 30.8 Å². The summed E-state index contributed by atoms with van der Waals surface area (Å²) >= 11 is 0. The smallest absolute Gasteiger partial charge is 0.208 e. The van der Waals surface area contributed by atoms with Gasteiger partial charge in [0, 0.05) is 31.1 Å². The molecule has 0 unspecified atom stereocenters. The molecule has 1 aliphatic heterocycles. The van der Waals surface area contributed by atoms with Gasteiger partial charge in [0.2, 0.25) is 5.82 Å². The number of hydrogen-bond donors (Lipinski definition) is 2. The van der Waals surface area contributed by atoms with Crippen LogP contribution in [0.2, 0.25) is 0 Å². The highest BCUT2D eigenvalue weighted by atomic mass is 15.2. The van der Waals surface area contributed by atoms with Crippen molar-refractivity contribution in [3.8, 4) is 11.8 Å². The molecule has 1 atom stereocenters. The summed E-state index contributed by atoms with van der Waals surface area (Å²) in [5.74, 6) is 8.90. The summed E-state index contributed by atoms with van der Waals surface area (Å²) in [7, 11) is 2.00. The van der Waals surface area contributed by atoms with Gasteiger partial charge in [-0.1, -0.05) is 18.8 Å². The Morgan fingerprint density at radius 1 is 1.29 bits per heavy atom. The van der Waals surface area contributed by atoms with Gasteiger partial charge in [-0.2, -0.15) is 0 Å². The first-order valence-corrected chi connectivity index (χ1v) is 7.83. The van der Waals surface area contributed by atoms with Crippen LogP contribution in [0.1, 0.15) is 37.9 Å². The predicted molar refractivity (Wildman–Crippen MR) is 85.0 cm³/mol. The van der Waals surface area contributed by atoms with Gasteiger partial charge in [0.25, 0.3) is 0 Å². The fourth-order valence-electron chi connectivity index (χ4n) is 3.11. The van der Waals surface area contributed by atoms with Crippen molar-refractivity contribution in [2.24, 2.45) is 5.92 Å². The zero-order chi connectivity index (χ0) is 14.7. The highest BCUT2D eigenvalue weighted by molar-refractivity contribution is 5.49. The second-order valence-corrected chi connectivity index (χ2v) is 5.95. The number of nitrogens with zero attached hydrogens (tertiary/aromatic N) is 3. The van der Waals surface area contributed by atoms with E-state index >= 15 is 0 Å². The van der Waals surface area contributed by atoms with Crippen molar-refractivity contribution >= 4 is 11.6 Å². The van der Waals surface area contributed by atoms with E-state index < -0.39 is 0 Å². The van der Waals surface area contributed by atoms with Gasteiger partial charge in [-0.15, -0.1) is 0 Å². The van der Waals surface area contributed by atoms with Crippen LogP contribution < -0.4 is 16.0 Å². The highest BCUT2D eigenvalue weighted by Crippen LogP contribution is 2.24. The molecule has 0 radical (unpaired) electrons. The maximum Gasteiger partial charge on any atom is 0.208 e. The lowest BCUT2D eigenvalue weighted by molar-refractivity contribution is 0.616. The molecule has 1 saturated carbocycles. The standard InChI is InChI=1S/C16H23N5/c1-18-13-8-9-21(11-13)16-10-14(17)19-15(20-16)7-6-12-4-2-3-5-12/h10,12-13,18H,2-5,8-9,11H2,1H3,(H2,17,19,20)/t13-/m1/s1. The minimum absolute atomic E-state index is 0.503. The summed E-state index contributed by atoms with van der Waals surface area (Å²) in [6, 6.07) is 2.37. The van der Waals surface area contributed by atoms with E-state index in [0.29, 0.717) is 23.6 Å². The quantitative estimate of drug-likeness (QED) is 0.804. The Hall–Kier alpha value is -1.80. The second-order valence-electron chi connectivity index (χ2n) is 5.95. The first kappa shape index (κ1) is 14.2. The molecule has 1 aromatic rings. The third kappa shape index (κ3) is 3.45. The Bertz CT molecular complexity index is 554. The minimum Gasteiger partial charge on any atom is -0.383 e. The van der Waals surface area contributed by atoms with Gasteiger partial charge >= 0.3 is 0 Å². The summed E-state index contributed by atoms with van der Waals surface area (Å²) in [4.78, 5) is 11.1. The lowest BCUT2D eigenvalue weighted by Gasteiger charge is -2.17. The van der Waals surface area contributed by atoms with Crippen LogP contribution in [0.3, 0.4) is 0 Å². The largest absolute Gasteiger partial charge is 0.383 e. The lowest BCUT2D eigenvalue weighted by atomic mass is 10.1. The van der Waals surface area contributed by atoms with Crippen LogP contribution in [0.15, 0.2) is 6.07 Å². The van der Waals surface area contributed by atoms with E-state index in [0.717, 1.165) is 25.3 Å². The maximum atomic E-state index is 5.92. The molecule has 0 spiro atoms. The molecule has 5 nitrogen and oxygen atoms in total. The van der Waals surface area contributed by atoms with Crippen LogP contribution in [0.4, 0.5) is 11.6 Å². The molecule has 3 rings (SSSR count). The maximum absolute atomic E-state index is 5.92. The summed E-state index contributed by atoms with van der Waals surface area (Å²) in [6.07, 6.45) is 6.13. The van der Waals surface area contributed by atoms with Crippen LogP contribution in [0.25, 0.3) is 0 Å². The van der Waals surface area contributed by atoms with E-state index in [1.807, 2.05) is 13.1 Å². The number of nitrogens with one attached hydrogen (secondary N) is 1. The number of anilines is 2. The average Bonchev–Trinajstić information content (AvgIpc) is 3.16. The van der Waals surface area contributed by atoms with Gasteiger partial charge in [-0.05, 0) is 32.2 Å². The van der Waals surface area contributed by atoms with Crippen LogP contribution in [0, 0.1) is 17.8 Å². The third-order valence-electron chi connectivity index (χ3n) is 4.40. The fraction of sp³-hybridized carbons (Fsp3) is 0.625. The Kier molecular flexibility index (Phi) is 4.26. The van der Waals surface area contributed by atoms with Gasteiger partial charge in [0.05, 0.1) is 0 Å². The molecular formula is C16H23N5. The molecule has 0 bridgehead atoms. The number of hydrogen-bond acceptors (Lipinski definition) is 5. The number of likely N-dealkylation sites (N-methyl/N-ethyl adjacent to an activating group) is 1. The Balaban J connectivity index is 1.76. The van der Waals surface area contributed by atoms with E-state index in [1.165, 1.54) is 25.7 Å². The molecule has 1 saturated heterocycles. The SMILES string of the molecule is CN[C@@H]1CCN(c2cc(N)nc(C#CC3CCCC3)n2)C1. The van der Waals surface area contributed by atoms with Gasteiger partial charge in [-0.25, -0.2) is 9.97 Å². The van der Waals surface area contributed by atoms with Crippen LogP contribution in [-0.4, -0.2) is 36.1 Å². The minimum atomic E-state index is 0.503. The molecule has 2 heterocycles. The zero-order valence-corrected chi connectivity index (χ0v) is 12.6. The third-order valence-corrected chi connectivity index (χ3v) is 4.40. The van der Waals surface area contributed by atoms with E-state index in [-0.39, 0.29) is 0 Å². The summed E-state index contributed by atoms with van der Waals surface area (Å²) < 4.78 is 0. The molecule has 0 amide bonds. The van der Waals surface area contributed by atoms with Gasteiger partial charge in [0.15, 0.2) is 0 Å². The number of rotatable bonds is 2. The van der Waals surface area contributed by atoms with Crippen LogP contribution in [0.5, 0.6) is 0 Å². The van der Waals surface area contributed by atoms with E-state index in [1.54, 1.807) is 0 Å². The number of aromatic nitrogens is 2. The zero-order valence-electron chi connectivity index (χ0n) is 12.6. The predicted octanol–water partition coefficient (Wildman–Crippen LogP) is 1.40. The van der Waals surface area contributed by atoms with Crippen LogP contribution >= 0.6 is 0 Å². The molecule has 2 fully saturated rings. The first-order chi connectivity index (χ1) is 10.2. The molecule has 112 valence electrons. The second kappa shape index (κ2) is 6.31. The Morgan fingerprint density at radius 2 is 2.10 bits per heavy atom. The summed E-state index contributed by atoms with van der Waals surface area (Å²) in [5.41, 5.74) is 5.92. The van der Waals surface area contributed by atoms with Crippen molar-refractivity contribution in [3.05, 3.63) is 11.9 Å². The fourth-order valence-corrected chi connectivity index (χ4v) is 3.11. The molecule has 21 heavy (non-hydrogen) atoms. The average molecular weight is 285 g/mol. The van der Waals surface area contributed by atoms with Crippen LogP contribution in [-0.2, 0) is 0 Å². The topological polar surface area (TPSA) is 67.1 Å². The van der Waals surface area contributed by atoms with Gasteiger partial charge in [-0.3, -0.25) is 0 Å². The van der Waals surface area contributed by atoms with Crippen molar-refractivity contribution < 1.29 is 0 Å². The molecule has 3 N–H and O–H groups in total. The summed E-state index contributed by atoms with van der Waals surface area (Å²) in [6.45, 7) is 1.96. The van der Waals surface area contributed by atoms with E-state index in [4.69, 9.17) is 5.73 Å². The number of nitrogen functional groups attached to an aromatic ring is 1. The Morgan fingerprint density at radius 3 is 2.81 bits per heavy atom.